The fraction of sp³-hybridized carbons (Fsp3) is 0.462. The Hall–Kier alpha value is -1.62. The van der Waals surface area contributed by atoms with Crippen molar-refractivity contribution in [3.63, 3.8) is 0 Å². The second-order valence-electron chi connectivity index (χ2n) is 4.82. The molecule has 1 aliphatic heterocycles. The van der Waals surface area contributed by atoms with Crippen molar-refractivity contribution in [1.29, 1.82) is 5.26 Å². The molecule has 1 fully saturated rings. The minimum Gasteiger partial charge on any atom is -0.399 e. The van der Waals surface area contributed by atoms with E-state index in [1.807, 2.05) is 6.07 Å². The molecule has 0 saturated carbocycles. The molecule has 2 rings (SSSR count). The molecule has 0 aromatic heterocycles. The van der Waals surface area contributed by atoms with E-state index in [1.165, 1.54) is 22.5 Å². The molecule has 1 aromatic rings. The van der Waals surface area contributed by atoms with Crippen LogP contribution in [0.4, 0.5) is 5.69 Å². The van der Waals surface area contributed by atoms with Gasteiger partial charge in [-0.1, -0.05) is 6.42 Å². The van der Waals surface area contributed by atoms with Gasteiger partial charge in [0.25, 0.3) is 0 Å². The van der Waals surface area contributed by atoms with Gasteiger partial charge in [0.15, 0.2) is 0 Å². The molecule has 0 bridgehead atoms. The first-order chi connectivity index (χ1) is 9.50. The highest BCUT2D eigenvalue weighted by Gasteiger charge is 2.34. The van der Waals surface area contributed by atoms with Crippen LogP contribution >= 0.6 is 0 Å². The molecule has 1 atom stereocenters. The highest BCUT2D eigenvalue weighted by atomic mass is 32.2. The van der Waals surface area contributed by atoms with Gasteiger partial charge in [-0.05, 0) is 31.0 Å². The van der Waals surface area contributed by atoms with Gasteiger partial charge < -0.3 is 10.8 Å². The van der Waals surface area contributed by atoms with Crippen molar-refractivity contribution < 1.29 is 13.5 Å². The zero-order valence-electron chi connectivity index (χ0n) is 11.0. The molecule has 1 saturated heterocycles. The van der Waals surface area contributed by atoms with Crippen molar-refractivity contribution in [2.45, 2.75) is 30.2 Å². The lowest BCUT2D eigenvalue weighted by Gasteiger charge is -2.33. The highest BCUT2D eigenvalue weighted by molar-refractivity contribution is 7.89. The number of nitrogens with two attached hydrogens (primary N) is 1. The SMILES string of the molecule is N#Cc1cc(N)ccc1S(=O)(=O)N1CCCCC1CO. The monoisotopic (exact) mass is 295 g/mol. The molecule has 1 aromatic carbocycles. The summed E-state index contributed by atoms with van der Waals surface area (Å²) < 4.78 is 26.6. The van der Waals surface area contributed by atoms with Crippen molar-refractivity contribution in [3.05, 3.63) is 23.8 Å². The summed E-state index contributed by atoms with van der Waals surface area (Å²) in [6, 6.07) is 5.62. The molecule has 3 N–H and O–H groups in total. The van der Waals surface area contributed by atoms with E-state index in [-0.39, 0.29) is 17.1 Å². The van der Waals surface area contributed by atoms with E-state index in [0.29, 0.717) is 18.7 Å². The molecule has 6 nitrogen and oxygen atoms in total. The summed E-state index contributed by atoms with van der Waals surface area (Å²) in [5.41, 5.74) is 5.96. The third-order valence-corrected chi connectivity index (χ3v) is 5.50. The maximum absolute atomic E-state index is 12.7. The predicted octanol–water partition coefficient (Wildman–Crippen LogP) is 0.676. The molecule has 7 heteroatoms. The van der Waals surface area contributed by atoms with Crippen LogP contribution in [0.15, 0.2) is 23.1 Å². The average Bonchev–Trinajstić information content (AvgIpc) is 2.46. The molecule has 0 spiro atoms. The summed E-state index contributed by atoms with van der Waals surface area (Å²) >= 11 is 0. The number of sulfonamides is 1. The van der Waals surface area contributed by atoms with Gasteiger partial charge >= 0.3 is 0 Å². The Morgan fingerprint density at radius 2 is 2.20 bits per heavy atom. The maximum atomic E-state index is 12.7. The van der Waals surface area contributed by atoms with E-state index < -0.39 is 16.1 Å². The maximum Gasteiger partial charge on any atom is 0.244 e. The average molecular weight is 295 g/mol. The predicted molar refractivity (Wildman–Crippen MR) is 74.2 cm³/mol. The number of piperidine rings is 1. The summed E-state index contributed by atoms with van der Waals surface area (Å²) in [6.07, 6.45) is 2.28. The van der Waals surface area contributed by atoms with Gasteiger partial charge in [-0.2, -0.15) is 9.57 Å². The Morgan fingerprint density at radius 1 is 1.45 bits per heavy atom. The standard InChI is InChI=1S/C13H17N3O3S/c14-8-10-7-11(15)4-5-13(10)20(18,19)16-6-2-1-3-12(16)9-17/h4-5,7,12,17H,1-3,6,9,15H2. The number of nitrogen functional groups attached to an aromatic ring is 1. The van der Waals surface area contributed by atoms with Crippen molar-refractivity contribution >= 4 is 15.7 Å². The van der Waals surface area contributed by atoms with E-state index in [0.717, 1.165) is 12.8 Å². The number of nitrogens with zero attached hydrogens (tertiary/aromatic N) is 2. The number of hydrogen-bond acceptors (Lipinski definition) is 5. The van der Waals surface area contributed by atoms with Crippen molar-refractivity contribution in [3.8, 4) is 6.07 Å². The van der Waals surface area contributed by atoms with Crippen LogP contribution in [0, 0.1) is 11.3 Å². The van der Waals surface area contributed by atoms with Gasteiger partial charge in [0, 0.05) is 18.3 Å². The van der Waals surface area contributed by atoms with Crippen LogP contribution in [0.1, 0.15) is 24.8 Å². The molecular formula is C13H17N3O3S. The first kappa shape index (κ1) is 14.8. The van der Waals surface area contributed by atoms with E-state index in [2.05, 4.69) is 0 Å². The first-order valence-corrected chi connectivity index (χ1v) is 7.87. The van der Waals surface area contributed by atoms with E-state index >= 15 is 0 Å². The third kappa shape index (κ3) is 2.63. The molecule has 1 heterocycles. The highest BCUT2D eigenvalue weighted by Crippen LogP contribution is 2.27. The lowest BCUT2D eigenvalue weighted by molar-refractivity contribution is 0.155. The van der Waals surface area contributed by atoms with Gasteiger partial charge in [0.1, 0.15) is 11.0 Å². The zero-order valence-corrected chi connectivity index (χ0v) is 11.8. The van der Waals surface area contributed by atoms with Crippen molar-refractivity contribution in [2.24, 2.45) is 0 Å². The number of rotatable bonds is 3. The topological polar surface area (TPSA) is 107 Å². The zero-order chi connectivity index (χ0) is 14.8. The molecular weight excluding hydrogens is 278 g/mol. The van der Waals surface area contributed by atoms with Crippen LogP contribution in [-0.2, 0) is 10.0 Å². The van der Waals surface area contributed by atoms with Crippen LogP contribution in [0.2, 0.25) is 0 Å². The summed E-state index contributed by atoms with van der Waals surface area (Å²) in [5.74, 6) is 0. The second kappa shape index (κ2) is 5.79. The number of aliphatic hydroxyl groups is 1. The molecule has 108 valence electrons. The van der Waals surface area contributed by atoms with Crippen molar-refractivity contribution in [1.82, 2.24) is 4.31 Å². The fourth-order valence-corrected chi connectivity index (χ4v) is 4.27. The van der Waals surface area contributed by atoms with Crippen LogP contribution in [0.5, 0.6) is 0 Å². The smallest absolute Gasteiger partial charge is 0.244 e. The quantitative estimate of drug-likeness (QED) is 0.797. The van der Waals surface area contributed by atoms with E-state index in [4.69, 9.17) is 11.0 Å². The lowest BCUT2D eigenvalue weighted by atomic mass is 10.1. The molecule has 1 aliphatic rings. The van der Waals surface area contributed by atoms with E-state index in [9.17, 15) is 13.5 Å². The minimum absolute atomic E-state index is 0.0345. The number of benzene rings is 1. The Kier molecular flexibility index (Phi) is 4.28. The normalized spacial score (nSPS) is 20.5. The van der Waals surface area contributed by atoms with Crippen molar-refractivity contribution in [2.75, 3.05) is 18.9 Å². The molecule has 1 unspecified atom stereocenters. The Bertz CT molecular complexity index is 637. The largest absolute Gasteiger partial charge is 0.399 e. The first-order valence-electron chi connectivity index (χ1n) is 6.43. The molecule has 20 heavy (non-hydrogen) atoms. The summed E-state index contributed by atoms with van der Waals surface area (Å²) in [7, 11) is -3.79. The van der Waals surface area contributed by atoms with Gasteiger partial charge in [-0.3, -0.25) is 0 Å². The molecule has 0 aliphatic carbocycles. The lowest BCUT2D eigenvalue weighted by Crippen LogP contribution is -2.45. The summed E-state index contributed by atoms with van der Waals surface area (Å²) in [4.78, 5) is -0.0467. The molecule has 0 radical (unpaired) electrons. The van der Waals surface area contributed by atoms with Gasteiger partial charge in [0.2, 0.25) is 10.0 Å². The van der Waals surface area contributed by atoms with Crippen LogP contribution in [0.25, 0.3) is 0 Å². The Balaban J connectivity index is 2.47. The van der Waals surface area contributed by atoms with Crippen LogP contribution in [0.3, 0.4) is 0 Å². The summed E-state index contributed by atoms with van der Waals surface area (Å²) in [5, 5.41) is 18.4. The third-order valence-electron chi connectivity index (χ3n) is 3.49. The number of aliphatic hydroxyl groups excluding tert-OH is 1. The van der Waals surface area contributed by atoms with Crippen LogP contribution < -0.4 is 5.73 Å². The van der Waals surface area contributed by atoms with Gasteiger partial charge in [-0.15, -0.1) is 0 Å². The number of anilines is 1. The van der Waals surface area contributed by atoms with Gasteiger partial charge in [-0.25, -0.2) is 8.42 Å². The summed E-state index contributed by atoms with van der Waals surface area (Å²) in [6.45, 7) is 0.152. The number of hydrogen-bond donors (Lipinski definition) is 2. The number of nitriles is 1. The fourth-order valence-electron chi connectivity index (χ4n) is 2.46. The second-order valence-corrected chi connectivity index (χ2v) is 6.67. The minimum atomic E-state index is -3.79. The van der Waals surface area contributed by atoms with E-state index in [1.54, 1.807) is 0 Å². The Labute approximate surface area is 118 Å². The molecule has 0 amide bonds. The Morgan fingerprint density at radius 3 is 2.85 bits per heavy atom. The van der Waals surface area contributed by atoms with Crippen LogP contribution in [-0.4, -0.2) is 37.0 Å². The van der Waals surface area contributed by atoms with Gasteiger partial charge in [0.05, 0.1) is 12.2 Å².